The molecule has 5 rings (SSSR count). The van der Waals surface area contributed by atoms with Crippen LogP contribution in [0.15, 0.2) is 121 Å². The number of rotatable bonds is 11. The standard InChI is InChI=1S/C37H36O6/c1-28(38)39-27-34-36(41-25-31-18-10-4-11-19-31)37(42-26-32-20-12-5-13-21-32)35(40-24-30-16-8-3-9-17-30)33(43-34)23-22-29-14-6-2-7-15-29/h2-21,33-37H,24-27H2,1H3/t33-,34-,35+,36+,37-/m1/s1. The molecule has 0 spiro atoms. The van der Waals surface area contributed by atoms with Gasteiger partial charge in [-0.05, 0) is 28.8 Å². The van der Waals surface area contributed by atoms with Gasteiger partial charge in [0, 0.05) is 12.5 Å². The number of benzene rings is 4. The van der Waals surface area contributed by atoms with Gasteiger partial charge in [-0.2, -0.15) is 0 Å². The van der Waals surface area contributed by atoms with Gasteiger partial charge in [-0.25, -0.2) is 0 Å². The highest BCUT2D eigenvalue weighted by Crippen LogP contribution is 2.31. The molecular weight excluding hydrogens is 540 g/mol. The first-order valence-corrected chi connectivity index (χ1v) is 14.5. The van der Waals surface area contributed by atoms with Crippen molar-refractivity contribution < 1.29 is 28.5 Å². The van der Waals surface area contributed by atoms with E-state index in [1.807, 2.05) is 121 Å². The second kappa shape index (κ2) is 15.8. The van der Waals surface area contributed by atoms with Crippen LogP contribution in [0.1, 0.15) is 29.2 Å². The van der Waals surface area contributed by atoms with Crippen LogP contribution in [-0.4, -0.2) is 43.1 Å². The van der Waals surface area contributed by atoms with Gasteiger partial charge in [0.05, 0.1) is 19.8 Å². The highest BCUT2D eigenvalue weighted by Gasteiger charge is 2.48. The van der Waals surface area contributed by atoms with E-state index in [-0.39, 0.29) is 6.61 Å². The Bertz CT molecular complexity index is 1450. The van der Waals surface area contributed by atoms with Crippen molar-refractivity contribution in [2.24, 2.45) is 0 Å². The van der Waals surface area contributed by atoms with Crippen molar-refractivity contribution in [1.29, 1.82) is 0 Å². The molecule has 1 aliphatic rings. The summed E-state index contributed by atoms with van der Waals surface area (Å²) in [4.78, 5) is 11.9. The largest absolute Gasteiger partial charge is 0.463 e. The number of esters is 1. The normalized spacial score (nSPS) is 21.4. The number of ether oxygens (including phenoxy) is 5. The maximum atomic E-state index is 11.9. The van der Waals surface area contributed by atoms with Crippen LogP contribution in [0.3, 0.4) is 0 Å². The average molecular weight is 577 g/mol. The van der Waals surface area contributed by atoms with Crippen molar-refractivity contribution in [1.82, 2.24) is 0 Å². The Kier molecular flexibility index (Phi) is 11.1. The third-order valence-corrected chi connectivity index (χ3v) is 7.07. The van der Waals surface area contributed by atoms with E-state index in [2.05, 4.69) is 11.8 Å². The highest BCUT2D eigenvalue weighted by molar-refractivity contribution is 5.65. The predicted molar refractivity (Wildman–Crippen MR) is 164 cm³/mol. The molecule has 0 saturated carbocycles. The van der Waals surface area contributed by atoms with E-state index < -0.39 is 36.5 Å². The van der Waals surface area contributed by atoms with Gasteiger partial charge in [-0.1, -0.05) is 121 Å². The molecule has 1 fully saturated rings. The minimum Gasteiger partial charge on any atom is -0.463 e. The number of carbonyl (C=O) groups is 1. The van der Waals surface area contributed by atoms with Crippen molar-refractivity contribution in [3.05, 3.63) is 144 Å². The fraction of sp³-hybridized carbons (Fsp3) is 0.270. The second-order valence-corrected chi connectivity index (χ2v) is 10.3. The zero-order chi connectivity index (χ0) is 29.7. The molecule has 0 aromatic heterocycles. The molecular formula is C37H36O6. The van der Waals surface area contributed by atoms with E-state index in [1.54, 1.807) is 0 Å². The zero-order valence-electron chi connectivity index (χ0n) is 24.2. The highest BCUT2D eigenvalue weighted by atomic mass is 16.6. The average Bonchev–Trinajstić information content (AvgIpc) is 3.05. The molecule has 43 heavy (non-hydrogen) atoms. The van der Waals surface area contributed by atoms with Gasteiger partial charge in [0.2, 0.25) is 0 Å². The van der Waals surface area contributed by atoms with Crippen LogP contribution in [0.4, 0.5) is 0 Å². The van der Waals surface area contributed by atoms with Crippen molar-refractivity contribution in [2.75, 3.05) is 6.61 Å². The summed E-state index contributed by atoms with van der Waals surface area (Å²) < 4.78 is 31.8. The Morgan fingerprint density at radius 3 is 1.56 bits per heavy atom. The first-order chi connectivity index (χ1) is 21.2. The summed E-state index contributed by atoms with van der Waals surface area (Å²) in [6.07, 6.45) is -3.12. The van der Waals surface area contributed by atoms with Crippen LogP contribution in [-0.2, 0) is 48.3 Å². The summed E-state index contributed by atoms with van der Waals surface area (Å²) in [5.74, 6) is 6.13. The molecule has 0 bridgehead atoms. The van der Waals surface area contributed by atoms with E-state index in [0.717, 1.165) is 22.3 Å². The van der Waals surface area contributed by atoms with Gasteiger partial charge < -0.3 is 23.7 Å². The quantitative estimate of drug-likeness (QED) is 0.158. The maximum Gasteiger partial charge on any atom is 0.302 e. The number of hydrogen-bond acceptors (Lipinski definition) is 6. The van der Waals surface area contributed by atoms with Gasteiger partial charge in [0.1, 0.15) is 37.1 Å². The summed E-state index contributed by atoms with van der Waals surface area (Å²) >= 11 is 0. The van der Waals surface area contributed by atoms with Crippen LogP contribution in [0.5, 0.6) is 0 Å². The molecule has 0 N–H and O–H groups in total. The monoisotopic (exact) mass is 576 g/mol. The van der Waals surface area contributed by atoms with Crippen LogP contribution < -0.4 is 0 Å². The van der Waals surface area contributed by atoms with Crippen molar-refractivity contribution in [3.63, 3.8) is 0 Å². The van der Waals surface area contributed by atoms with Crippen molar-refractivity contribution in [3.8, 4) is 11.8 Å². The first kappa shape index (κ1) is 30.2. The SMILES string of the molecule is CC(=O)OC[C@H]1O[C@H](C#Cc2ccccc2)[C@H](OCc2ccccc2)[C@@H](OCc2ccccc2)[C@H]1OCc1ccccc1. The molecule has 5 atom stereocenters. The lowest BCUT2D eigenvalue weighted by atomic mass is 9.94. The van der Waals surface area contributed by atoms with E-state index in [0.29, 0.717) is 19.8 Å². The second-order valence-electron chi connectivity index (χ2n) is 10.3. The topological polar surface area (TPSA) is 63.2 Å². The molecule has 6 heteroatoms. The Hall–Kier alpha value is -4.25. The number of carbonyl (C=O) groups excluding carboxylic acids is 1. The van der Waals surface area contributed by atoms with Gasteiger partial charge in [0.15, 0.2) is 0 Å². The summed E-state index contributed by atoms with van der Waals surface area (Å²) in [5.41, 5.74) is 3.89. The predicted octanol–water partition coefficient (Wildman–Crippen LogP) is 6.12. The number of hydrogen-bond donors (Lipinski definition) is 0. The summed E-state index contributed by atoms with van der Waals surface area (Å²) in [6.45, 7) is 2.37. The maximum absolute atomic E-state index is 11.9. The molecule has 4 aromatic carbocycles. The van der Waals surface area contributed by atoms with E-state index in [4.69, 9.17) is 23.7 Å². The van der Waals surface area contributed by atoms with Crippen LogP contribution >= 0.6 is 0 Å². The van der Waals surface area contributed by atoms with Crippen molar-refractivity contribution in [2.45, 2.75) is 57.3 Å². The smallest absolute Gasteiger partial charge is 0.302 e. The molecule has 1 aliphatic heterocycles. The van der Waals surface area contributed by atoms with E-state index in [9.17, 15) is 4.79 Å². The zero-order valence-corrected chi connectivity index (χ0v) is 24.2. The lowest BCUT2D eigenvalue weighted by Gasteiger charge is -2.44. The Morgan fingerprint density at radius 2 is 1.07 bits per heavy atom. The van der Waals surface area contributed by atoms with Crippen LogP contribution in [0.25, 0.3) is 0 Å². The van der Waals surface area contributed by atoms with E-state index in [1.165, 1.54) is 6.92 Å². The lowest BCUT2D eigenvalue weighted by Crippen LogP contribution is -2.61. The Balaban J connectivity index is 1.49. The first-order valence-electron chi connectivity index (χ1n) is 14.5. The van der Waals surface area contributed by atoms with Crippen LogP contribution in [0.2, 0.25) is 0 Å². The third-order valence-electron chi connectivity index (χ3n) is 7.07. The minimum atomic E-state index is -0.679. The van der Waals surface area contributed by atoms with Gasteiger partial charge >= 0.3 is 5.97 Å². The lowest BCUT2D eigenvalue weighted by molar-refractivity contribution is -0.259. The molecule has 0 radical (unpaired) electrons. The molecule has 6 nitrogen and oxygen atoms in total. The Labute approximate surface area is 253 Å². The summed E-state index contributed by atoms with van der Waals surface area (Å²) in [7, 11) is 0. The van der Waals surface area contributed by atoms with Crippen LogP contribution in [0, 0.1) is 11.8 Å². The molecule has 1 saturated heterocycles. The Morgan fingerprint density at radius 1 is 0.628 bits per heavy atom. The van der Waals surface area contributed by atoms with Gasteiger partial charge in [-0.3, -0.25) is 4.79 Å². The summed E-state index contributed by atoms with van der Waals surface area (Å²) in [5, 5.41) is 0. The molecule has 0 unspecified atom stereocenters. The summed E-state index contributed by atoms with van der Waals surface area (Å²) in [6, 6.07) is 39.6. The molecule has 1 heterocycles. The van der Waals surface area contributed by atoms with E-state index >= 15 is 0 Å². The fourth-order valence-corrected chi connectivity index (χ4v) is 4.91. The van der Waals surface area contributed by atoms with Gasteiger partial charge in [-0.15, -0.1) is 0 Å². The molecule has 0 amide bonds. The van der Waals surface area contributed by atoms with Gasteiger partial charge in [0.25, 0.3) is 0 Å². The minimum absolute atomic E-state index is 0.00505. The fourth-order valence-electron chi connectivity index (χ4n) is 4.91. The molecule has 220 valence electrons. The molecule has 4 aromatic rings. The molecule has 0 aliphatic carbocycles. The van der Waals surface area contributed by atoms with Crippen molar-refractivity contribution >= 4 is 5.97 Å². The third kappa shape index (κ3) is 9.12.